The molecule has 2 amide bonds. The zero-order valence-electron chi connectivity index (χ0n) is 17.7. The molecule has 0 bridgehead atoms. The maximum absolute atomic E-state index is 12.3. The van der Waals surface area contributed by atoms with E-state index in [0.29, 0.717) is 18.9 Å². The fourth-order valence-electron chi connectivity index (χ4n) is 4.06. The average Bonchev–Trinajstić information content (AvgIpc) is 2.97. The molecule has 1 aromatic rings. The lowest BCUT2D eigenvalue weighted by atomic mass is 9.93. The average molecular weight is 459 g/mol. The Morgan fingerprint density at radius 2 is 1.40 bits per heavy atom. The zero-order chi connectivity index (χ0) is 19.6. The number of carbonyl (C=O) groups is 2. The lowest BCUT2D eigenvalue weighted by molar-refractivity contribution is -0.117. The molecule has 6 nitrogen and oxygen atoms in total. The van der Waals surface area contributed by atoms with Gasteiger partial charge in [0, 0.05) is 17.8 Å². The highest BCUT2D eigenvalue weighted by atomic mass is 35.5. The number of hydrogen-bond acceptors (Lipinski definition) is 4. The van der Waals surface area contributed by atoms with Crippen molar-refractivity contribution in [3.63, 3.8) is 0 Å². The number of rotatable bonds is 7. The van der Waals surface area contributed by atoms with E-state index in [9.17, 15) is 9.59 Å². The molecule has 170 valence electrons. The van der Waals surface area contributed by atoms with E-state index in [1.807, 2.05) is 24.3 Å². The van der Waals surface area contributed by atoms with Crippen LogP contribution in [0, 0.1) is 5.92 Å². The molecule has 30 heavy (non-hydrogen) atoms. The van der Waals surface area contributed by atoms with Gasteiger partial charge in [0.25, 0.3) is 0 Å². The van der Waals surface area contributed by atoms with Crippen molar-refractivity contribution in [2.75, 3.05) is 43.4 Å². The van der Waals surface area contributed by atoms with Crippen LogP contribution in [-0.2, 0) is 9.59 Å². The molecule has 2 fully saturated rings. The Morgan fingerprint density at radius 1 is 0.867 bits per heavy atom. The van der Waals surface area contributed by atoms with Gasteiger partial charge in [0.05, 0.1) is 6.54 Å². The predicted octanol–water partition coefficient (Wildman–Crippen LogP) is 4.06. The molecule has 0 atom stereocenters. The second kappa shape index (κ2) is 14.6. The quantitative estimate of drug-likeness (QED) is 0.575. The molecule has 1 aromatic carbocycles. The van der Waals surface area contributed by atoms with Crippen LogP contribution >= 0.6 is 24.8 Å². The molecule has 0 radical (unpaired) electrons. The number of carbonyl (C=O) groups excluding carboxylic acids is 2. The van der Waals surface area contributed by atoms with E-state index in [2.05, 4.69) is 20.9 Å². The third-order valence-corrected chi connectivity index (χ3v) is 5.76. The van der Waals surface area contributed by atoms with Crippen LogP contribution in [0.2, 0.25) is 0 Å². The molecule has 0 unspecified atom stereocenters. The van der Waals surface area contributed by atoms with Gasteiger partial charge in [0.1, 0.15) is 0 Å². The van der Waals surface area contributed by atoms with Gasteiger partial charge in [0.2, 0.25) is 11.8 Å². The summed E-state index contributed by atoms with van der Waals surface area (Å²) < 4.78 is 0. The number of nitrogens with zero attached hydrogens (tertiary/aromatic N) is 1. The minimum atomic E-state index is 0. The number of likely N-dealkylation sites (tertiary alicyclic amines) is 1. The largest absolute Gasteiger partial charge is 0.326 e. The Labute approximate surface area is 192 Å². The Morgan fingerprint density at radius 3 is 1.97 bits per heavy atom. The Bertz CT molecular complexity index is 629. The van der Waals surface area contributed by atoms with Crippen molar-refractivity contribution < 1.29 is 9.59 Å². The second-order valence-electron chi connectivity index (χ2n) is 8.10. The van der Waals surface area contributed by atoms with Crippen LogP contribution in [0.4, 0.5) is 11.4 Å². The topological polar surface area (TPSA) is 73.5 Å². The second-order valence-corrected chi connectivity index (χ2v) is 8.10. The molecule has 3 N–H and O–H groups in total. The monoisotopic (exact) mass is 458 g/mol. The summed E-state index contributed by atoms with van der Waals surface area (Å²) in [5.74, 6) is 0.755. The molecule has 2 aliphatic heterocycles. The molecule has 2 heterocycles. The predicted molar refractivity (Wildman–Crippen MR) is 128 cm³/mol. The van der Waals surface area contributed by atoms with Crippen LogP contribution in [0.5, 0.6) is 0 Å². The summed E-state index contributed by atoms with van der Waals surface area (Å²) >= 11 is 0. The summed E-state index contributed by atoms with van der Waals surface area (Å²) in [4.78, 5) is 26.7. The highest BCUT2D eigenvalue weighted by Crippen LogP contribution is 2.19. The first-order valence-electron chi connectivity index (χ1n) is 10.8. The molecule has 0 aromatic heterocycles. The summed E-state index contributed by atoms with van der Waals surface area (Å²) in [6.07, 6.45) is 8.75. The molecule has 0 aliphatic carbocycles. The van der Waals surface area contributed by atoms with Gasteiger partial charge in [-0.1, -0.05) is 12.8 Å². The van der Waals surface area contributed by atoms with Gasteiger partial charge >= 0.3 is 0 Å². The van der Waals surface area contributed by atoms with Gasteiger partial charge in [-0.2, -0.15) is 0 Å². The maximum Gasteiger partial charge on any atom is 0.238 e. The zero-order valence-corrected chi connectivity index (χ0v) is 19.3. The summed E-state index contributed by atoms with van der Waals surface area (Å²) in [5.41, 5.74) is 1.55. The van der Waals surface area contributed by atoms with Gasteiger partial charge < -0.3 is 16.0 Å². The number of benzene rings is 1. The summed E-state index contributed by atoms with van der Waals surface area (Å²) in [6, 6.07) is 7.40. The highest BCUT2D eigenvalue weighted by molar-refractivity contribution is 5.93. The maximum atomic E-state index is 12.3. The number of amides is 2. The van der Waals surface area contributed by atoms with Crippen LogP contribution in [0.25, 0.3) is 0 Å². The van der Waals surface area contributed by atoms with Crippen molar-refractivity contribution in [2.45, 2.75) is 51.4 Å². The lowest BCUT2D eigenvalue weighted by Gasteiger charge is -2.22. The van der Waals surface area contributed by atoms with Gasteiger partial charge in [-0.15, -0.1) is 24.8 Å². The van der Waals surface area contributed by atoms with Gasteiger partial charge in [-0.3, -0.25) is 14.5 Å². The molecule has 0 spiro atoms. The Balaban J connectivity index is 0.00000225. The van der Waals surface area contributed by atoms with Crippen LogP contribution in [0.3, 0.4) is 0 Å². The molecular weight excluding hydrogens is 423 g/mol. The summed E-state index contributed by atoms with van der Waals surface area (Å²) in [6.45, 7) is 4.61. The van der Waals surface area contributed by atoms with Crippen LogP contribution in [0.15, 0.2) is 24.3 Å². The molecule has 3 rings (SSSR count). The first kappa shape index (κ1) is 26.7. The number of halogens is 2. The summed E-state index contributed by atoms with van der Waals surface area (Å²) in [5, 5.41) is 9.27. The van der Waals surface area contributed by atoms with E-state index >= 15 is 0 Å². The normalized spacial score (nSPS) is 17.7. The number of hydrogen-bond donors (Lipinski definition) is 3. The third-order valence-electron chi connectivity index (χ3n) is 5.76. The van der Waals surface area contributed by atoms with Crippen molar-refractivity contribution in [1.82, 2.24) is 10.2 Å². The van der Waals surface area contributed by atoms with Crippen molar-refractivity contribution in [3.8, 4) is 0 Å². The fourth-order valence-corrected chi connectivity index (χ4v) is 4.06. The van der Waals surface area contributed by atoms with Crippen LogP contribution < -0.4 is 16.0 Å². The van der Waals surface area contributed by atoms with Gasteiger partial charge in [-0.05, 0) is 88.5 Å². The standard InChI is InChI=1S/C22H34N4O2.2ClH/c27-21(10-5-18-11-13-23-14-12-18)24-19-6-8-20(9-7-19)25-22(28)17-26-15-3-1-2-4-16-26;;/h6-9,18,23H,1-5,10-17H2,(H,24,27)(H,25,28);2*1H. The lowest BCUT2D eigenvalue weighted by Crippen LogP contribution is -2.33. The summed E-state index contributed by atoms with van der Waals surface area (Å²) in [7, 11) is 0. The van der Waals surface area contributed by atoms with Crippen molar-refractivity contribution in [1.29, 1.82) is 0 Å². The van der Waals surface area contributed by atoms with E-state index in [1.54, 1.807) is 0 Å². The van der Waals surface area contributed by atoms with E-state index in [1.165, 1.54) is 38.5 Å². The molecule has 2 aliphatic rings. The van der Waals surface area contributed by atoms with Crippen molar-refractivity contribution in [2.24, 2.45) is 5.92 Å². The van der Waals surface area contributed by atoms with Crippen molar-refractivity contribution >= 4 is 48.0 Å². The van der Waals surface area contributed by atoms with E-state index in [-0.39, 0.29) is 36.6 Å². The minimum Gasteiger partial charge on any atom is -0.326 e. The van der Waals surface area contributed by atoms with E-state index in [0.717, 1.165) is 44.0 Å². The first-order chi connectivity index (χ1) is 13.7. The Kier molecular flexibility index (Phi) is 13.0. The van der Waals surface area contributed by atoms with Gasteiger partial charge in [-0.25, -0.2) is 0 Å². The van der Waals surface area contributed by atoms with Crippen molar-refractivity contribution in [3.05, 3.63) is 24.3 Å². The number of anilines is 2. The molecule has 0 saturated carbocycles. The van der Waals surface area contributed by atoms with Crippen LogP contribution in [0.1, 0.15) is 51.4 Å². The molecule has 2 saturated heterocycles. The van der Waals surface area contributed by atoms with E-state index in [4.69, 9.17) is 0 Å². The SMILES string of the molecule is Cl.Cl.O=C(CCC1CCNCC1)Nc1ccc(NC(=O)CN2CCCCCC2)cc1. The minimum absolute atomic E-state index is 0. The van der Waals surface area contributed by atoms with Gasteiger partial charge in [0.15, 0.2) is 0 Å². The highest BCUT2D eigenvalue weighted by Gasteiger charge is 2.15. The smallest absolute Gasteiger partial charge is 0.238 e. The fraction of sp³-hybridized carbons (Fsp3) is 0.636. The molecular formula is C22H36Cl2N4O2. The third kappa shape index (κ3) is 9.65. The first-order valence-corrected chi connectivity index (χ1v) is 10.8. The van der Waals surface area contributed by atoms with Crippen LogP contribution in [-0.4, -0.2) is 49.4 Å². The molecule has 8 heteroatoms. The Hall–Kier alpha value is -1.34. The number of piperidine rings is 1. The number of nitrogens with one attached hydrogen (secondary N) is 3. The van der Waals surface area contributed by atoms with E-state index < -0.39 is 0 Å².